The molecule has 0 unspecified atom stereocenters. The van der Waals surface area contributed by atoms with Crippen molar-refractivity contribution in [3.05, 3.63) is 90.5 Å². The van der Waals surface area contributed by atoms with Gasteiger partial charge < -0.3 is 9.84 Å². The molecule has 0 radical (unpaired) electrons. The van der Waals surface area contributed by atoms with E-state index in [2.05, 4.69) is 15.5 Å². The molecule has 0 aliphatic heterocycles. The van der Waals surface area contributed by atoms with Crippen molar-refractivity contribution >= 4 is 12.0 Å². The number of nitrogens with one attached hydrogen (secondary N) is 1. The lowest BCUT2D eigenvalue weighted by Crippen LogP contribution is -1.99. The van der Waals surface area contributed by atoms with Crippen molar-refractivity contribution in [3.63, 3.8) is 0 Å². The zero-order chi connectivity index (χ0) is 22.2. The van der Waals surface area contributed by atoms with E-state index in [1.165, 1.54) is 0 Å². The highest BCUT2D eigenvalue weighted by atomic mass is 16.5. The van der Waals surface area contributed by atoms with E-state index in [0.717, 1.165) is 23.2 Å². The van der Waals surface area contributed by atoms with Gasteiger partial charge in [-0.15, -0.1) is 0 Å². The molecule has 0 amide bonds. The van der Waals surface area contributed by atoms with E-state index in [1.54, 1.807) is 18.3 Å². The first-order valence-electron chi connectivity index (χ1n) is 10.5. The summed E-state index contributed by atoms with van der Waals surface area (Å²) in [4.78, 5) is 9.34. The Hall–Kier alpha value is -4.19. The predicted molar refractivity (Wildman–Crippen MR) is 128 cm³/mol. The lowest BCUT2D eigenvalue weighted by Gasteiger charge is -2.09. The van der Waals surface area contributed by atoms with Gasteiger partial charge in [0.15, 0.2) is 11.6 Å². The van der Waals surface area contributed by atoms with Crippen LogP contribution in [0, 0.1) is 0 Å². The van der Waals surface area contributed by atoms with Gasteiger partial charge in [-0.25, -0.2) is 9.97 Å². The molecule has 1 aromatic heterocycles. The zero-order valence-corrected chi connectivity index (χ0v) is 17.8. The Morgan fingerprint density at radius 3 is 2.31 bits per heavy atom. The summed E-state index contributed by atoms with van der Waals surface area (Å²) < 4.78 is 5.54. The number of aromatic hydroxyl groups is 1. The van der Waals surface area contributed by atoms with E-state index in [9.17, 15) is 5.11 Å². The molecule has 0 aliphatic rings. The fourth-order valence-electron chi connectivity index (χ4n) is 3.09. The zero-order valence-electron chi connectivity index (χ0n) is 17.8. The monoisotopic (exact) mass is 424 g/mol. The second kappa shape index (κ2) is 10.2. The Balaban J connectivity index is 1.59. The third-order valence-electron chi connectivity index (χ3n) is 4.69. The molecule has 6 heteroatoms. The predicted octanol–water partition coefficient (Wildman–Crippen LogP) is 5.75. The summed E-state index contributed by atoms with van der Waals surface area (Å²) in [6, 6.07) is 26.7. The van der Waals surface area contributed by atoms with Crippen LogP contribution in [0.1, 0.15) is 18.9 Å². The number of phenolic OH excluding ortho intramolecular Hbond substituents is 1. The molecule has 0 saturated carbocycles. The maximum atomic E-state index is 10.2. The second-order valence-electron chi connectivity index (χ2n) is 7.13. The van der Waals surface area contributed by atoms with Crippen molar-refractivity contribution in [1.29, 1.82) is 0 Å². The van der Waals surface area contributed by atoms with Crippen molar-refractivity contribution < 1.29 is 9.84 Å². The van der Waals surface area contributed by atoms with Crippen LogP contribution < -0.4 is 10.2 Å². The maximum absolute atomic E-state index is 10.2. The first kappa shape index (κ1) is 21.1. The molecule has 0 atom stereocenters. The third-order valence-corrected chi connectivity index (χ3v) is 4.69. The topological polar surface area (TPSA) is 79.6 Å². The van der Waals surface area contributed by atoms with E-state index < -0.39 is 0 Å². The van der Waals surface area contributed by atoms with Gasteiger partial charge in [0.1, 0.15) is 11.5 Å². The summed E-state index contributed by atoms with van der Waals surface area (Å²) in [5, 5.41) is 14.5. The van der Waals surface area contributed by atoms with Crippen LogP contribution in [0.4, 0.5) is 5.82 Å². The molecule has 4 rings (SSSR count). The van der Waals surface area contributed by atoms with Crippen LogP contribution in [0.5, 0.6) is 11.5 Å². The molecule has 6 nitrogen and oxygen atoms in total. The first-order valence-corrected chi connectivity index (χ1v) is 10.5. The fraction of sp³-hybridized carbons (Fsp3) is 0.115. The number of rotatable bonds is 8. The van der Waals surface area contributed by atoms with E-state index in [0.29, 0.717) is 29.6 Å². The fourth-order valence-corrected chi connectivity index (χ4v) is 3.09. The molecular formula is C26H24N4O2. The Bertz CT molecular complexity index is 1140. The molecule has 0 saturated heterocycles. The molecule has 4 aromatic rings. The van der Waals surface area contributed by atoms with Crippen LogP contribution in [0.15, 0.2) is 90.0 Å². The Kier molecular flexibility index (Phi) is 6.72. The number of ether oxygens (including phenoxy) is 1. The summed E-state index contributed by atoms with van der Waals surface area (Å²) >= 11 is 0. The first-order chi connectivity index (χ1) is 15.7. The van der Waals surface area contributed by atoms with Gasteiger partial charge in [0.2, 0.25) is 0 Å². The number of anilines is 1. The van der Waals surface area contributed by atoms with E-state index in [-0.39, 0.29) is 5.75 Å². The SMILES string of the molecule is CCCOc1ccc(/C=N\Nc2cc(-c3ccccc3)nc(-c3ccccc3)n2)c(O)c1. The van der Waals surface area contributed by atoms with Gasteiger partial charge in [0.05, 0.1) is 18.5 Å². The summed E-state index contributed by atoms with van der Waals surface area (Å²) in [6.07, 6.45) is 2.45. The van der Waals surface area contributed by atoms with Crippen molar-refractivity contribution in [1.82, 2.24) is 9.97 Å². The average Bonchev–Trinajstić information content (AvgIpc) is 2.85. The average molecular weight is 425 g/mol. The van der Waals surface area contributed by atoms with E-state index in [1.807, 2.05) is 79.7 Å². The highest BCUT2D eigenvalue weighted by Gasteiger charge is 2.08. The van der Waals surface area contributed by atoms with E-state index >= 15 is 0 Å². The third kappa shape index (κ3) is 5.29. The number of hydrogen-bond acceptors (Lipinski definition) is 6. The minimum absolute atomic E-state index is 0.0989. The van der Waals surface area contributed by atoms with Crippen LogP contribution >= 0.6 is 0 Å². The largest absolute Gasteiger partial charge is 0.507 e. The number of hydrazone groups is 1. The number of hydrogen-bond donors (Lipinski definition) is 2. The van der Waals surface area contributed by atoms with Crippen LogP contribution in [-0.4, -0.2) is 27.9 Å². The molecule has 0 aliphatic carbocycles. The molecule has 3 aromatic carbocycles. The number of benzene rings is 3. The van der Waals surface area contributed by atoms with Crippen molar-refractivity contribution in [3.8, 4) is 34.1 Å². The molecule has 0 fully saturated rings. The van der Waals surface area contributed by atoms with Gasteiger partial charge in [-0.3, -0.25) is 5.43 Å². The summed E-state index contributed by atoms with van der Waals surface area (Å²) in [5.41, 5.74) is 6.23. The Morgan fingerprint density at radius 1 is 0.906 bits per heavy atom. The highest BCUT2D eigenvalue weighted by Crippen LogP contribution is 2.25. The van der Waals surface area contributed by atoms with Gasteiger partial charge in [-0.05, 0) is 18.6 Å². The minimum atomic E-state index is 0.0989. The number of aromatic nitrogens is 2. The van der Waals surface area contributed by atoms with Gasteiger partial charge in [-0.1, -0.05) is 67.6 Å². The molecule has 0 bridgehead atoms. The van der Waals surface area contributed by atoms with Crippen LogP contribution in [0.3, 0.4) is 0 Å². The normalized spacial score (nSPS) is 10.9. The number of phenols is 1. The van der Waals surface area contributed by atoms with Gasteiger partial charge in [0.25, 0.3) is 0 Å². The molecular weight excluding hydrogens is 400 g/mol. The standard InChI is InChI=1S/C26H24N4O2/c1-2-15-32-22-14-13-21(24(31)16-22)18-27-30-25-17-23(19-9-5-3-6-10-19)28-26(29-25)20-11-7-4-8-12-20/h3-14,16-18,31H,2,15H2,1H3,(H,28,29,30)/b27-18-. The smallest absolute Gasteiger partial charge is 0.162 e. The summed E-state index contributed by atoms with van der Waals surface area (Å²) in [5.74, 6) is 1.88. The van der Waals surface area contributed by atoms with Gasteiger partial charge in [-0.2, -0.15) is 5.10 Å². The molecule has 0 spiro atoms. The van der Waals surface area contributed by atoms with Crippen LogP contribution in [0.25, 0.3) is 22.6 Å². The Morgan fingerprint density at radius 2 is 1.62 bits per heavy atom. The van der Waals surface area contributed by atoms with Gasteiger partial charge in [0, 0.05) is 28.8 Å². The Labute approximate surface area is 187 Å². The lowest BCUT2D eigenvalue weighted by atomic mass is 10.1. The quantitative estimate of drug-likeness (QED) is 0.278. The maximum Gasteiger partial charge on any atom is 0.162 e. The van der Waals surface area contributed by atoms with Crippen molar-refractivity contribution in [2.75, 3.05) is 12.0 Å². The molecule has 32 heavy (non-hydrogen) atoms. The second-order valence-corrected chi connectivity index (χ2v) is 7.13. The van der Waals surface area contributed by atoms with Crippen LogP contribution in [0.2, 0.25) is 0 Å². The lowest BCUT2D eigenvalue weighted by molar-refractivity contribution is 0.315. The van der Waals surface area contributed by atoms with E-state index in [4.69, 9.17) is 9.72 Å². The molecule has 2 N–H and O–H groups in total. The van der Waals surface area contributed by atoms with Crippen molar-refractivity contribution in [2.45, 2.75) is 13.3 Å². The summed E-state index contributed by atoms with van der Waals surface area (Å²) in [6.45, 7) is 2.64. The highest BCUT2D eigenvalue weighted by molar-refractivity contribution is 5.84. The minimum Gasteiger partial charge on any atom is -0.507 e. The van der Waals surface area contributed by atoms with Crippen LogP contribution in [-0.2, 0) is 0 Å². The summed E-state index contributed by atoms with van der Waals surface area (Å²) in [7, 11) is 0. The van der Waals surface area contributed by atoms with Crippen molar-refractivity contribution in [2.24, 2.45) is 5.10 Å². The molecule has 1 heterocycles. The van der Waals surface area contributed by atoms with Gasteiger partial charge >= 0.3 is 0 Å². The number of nitrogens with zero attached hydrogens (tertiary/aromatic N) is 3. The molecule has 160 valence electrons.